The Labute approximate surface area is 130 Å². The molecule has 2 aromatic rings. The monoisotopic (exact) mass is 305 g/mol. The summed E-state index contributed by atoms with van der Waals surface area (Å²) in [5.74, 6) is 1.39. The fourth-order valence-corrected chi connectivity index (χ4v) is 2.18. The minimum atomic E-state index is -0.0448. The summed E-state index contributed by atoms with van der Waals surface area (Å²) >= 11 is 6.23. The molecule has 0 aromatic heterocycles. The Morgan fingerprint density at radius 3 is 2.43 bits per heavy atom. The van der Waals surface area contributed by atoms with Crippen LogP contribution in [-0.2, 0) is 11.2 Å². The standard InChI is InChI=1S/C17H20ClNO2/c1-12(19)14-5-8-17(16(18)11-14)21-15-6-3-13(4-7-15)9-10-20-2/h3-8,11-12H,9-10,19H2,1-2H3/t12-/m0/s1. The number of methoxy groups -OCH3 is 1. The molecule has 0 aliphatic carbocycles. The third-order valence-electron chi connectivity index (χ3n) is 3.23. The van der Waals surface area contributed by atoms with Gasteiger partial charge in [-0.15, -0.1) is 0 Å². The van der Waals surface area contributed by atoms with E-state index in [2.05, 4.69) is 0 Å². The maximum atomic E-state index is 6.23. The van der Waals surface area contributed by atoms with Crippen LogP contribution in [0.2, 0.25) is 5.02 Å². The van der Waals surface area contributed by atoms with E-state index in [1.54, 1.807) is 7.11 Å². The van der Waals surface area contributed by atoms with Crippen LogP contribution in [-0.4, -0.2) is 13.7 Å². The summed E-state index contributed by atoms with van der Waals surface area (Å²) in [4.78, 5) is 0. The molecule has 0 radical (unpaired) electrons. The van der Waals surface area contributed by atoms with Gasteiger partial charge in [0.1, 0.15) is 11.5 Å². The maximum Gasteiger partial charge on any atom is 0.146 e. The van der Waals surface area contributed by atoms with Gasteiger partial charge in [-0.25, -0.2) is 0 Å². The minimum Gasteiger partial charge on any atom is -0.456 e. The van der Waals surface area contributed by atoms with Crippen LogP contribution in [0.4, 0.5) is 0 Å². The van der Waals surface area contributed by atoms with Gasteiger partial charge in [-0.2, -0.15) is 0 Å². The van der Waals surface area contributed by atoms with Crippen LogP contribution in [0, 0.1) is 0 Å². The van der Waals surface area contributed by atoms with E-state index in [4.69, 9.17) is 26.8 Å². The molecule has 112 valence electrons. The van der Waals surface area contributed by atoms with Crippen LogP contribution in [0.5, 0.6) is 11.5 Å². The number of halogens is 1. The van der Waals surface area contributed by atoms with Crippen molar-refractivity contribution in [3.63, 3.8) is 0 Å². The molecule has 0 bridgehead atoms. The van der Waals surface area contributed by atoms with Crippen molar-refractivity contribution in [2.75, 3.05) is 13.7 Å². The van der Waals surface area contributed by atoms with E-state index in [0.717, 1.165) is 17.7 Å². The molecule has 4 heteroatoms. The number of nitrogens with two attached hydrogens (primary N) is 1. The zero-order valence-corrected chi connectivity index (χ0v) is 13.1. The smallest absolute Gasteiger partial charge is 0.146 e. The highest BCUT2D eigenvalue weighted by molar-refractivity contribution is 6.32. The fraction of sp³-hybridized carbons (Fsp3) is 0.294. The summed E-state index contributed by atoms with van der Waals surface area (Å²) in [5.41, 5.74) is 8.03. The van der Waals surface area contributed by atoms with Gasteiger partial charge in [0.2, 0.25) is 0 Å². The van der Waals surface area contributed by atoms with E-state index in [0.29, 0.717) is 17.4 Å². The maximum absolute atomic E-state index is 6.23. The van der Waals surface area contributed by atoms with Crippen LogP contribution in [0.15, 0.2) is 42.5 Å². The van der Waals surface area contributed by atoms with Gasteiger partial charge in [-0.05, 0) is 48.7 Å². The van der Waals surface area contributed by atoms with Crippen molar-refractivity contribution in [2.45, 2.75) is 19.4 Å². The average Bonchev–Trinajstić information content (AvgIpc) is 2.48. The van der Waals surface area contributed by atoms with Gasteiger partial charge < -0.3 is 15.2 Å². The average molecular weight is 306 g/mol. The molecule has 2 rings (SSSR count). The van der Waals surface area contributed by atoms with Crippen LogP contribution in [0.25, 0.3) is 0 Å². The molecule has 0 amide bonds. The summed E-state index contributed by atoms with van der Waals surface area (Å²) in [7, 11) is 1.70. The Kier molecular flexibility index (Phi) is 5.62. The van der Waals surface area contributed by atoms with Crippen molar-refractivity contribution < 1.29 is 9.47 Å². The van der Waals surface area contributed by atoms with E-state index < -0.39 is 0 Å². The first-order chi connectivity index (χ1) is 10.1. The lowest BCUT2D eigenvalue weighted by Crippen LogP contribution is -2.04. The van der Waals surface area contributed by atoms with Gasteiger partial charge in [0.05, 0.1) is 11.6 Å². The second kappa shape index (κ2) is 7.46. The molecule has 0 saturated carbocycles. The van der Waals surface area contributed by atoms with Gasteiger partial charge in [0, 0.05) is 13.2 Å². The van der Waals surface area contributed by atoms with Gasteiger partial charge in [-0.3, -0.25) is 0 Å². The summed E-state index contributed by atoms with van der Waals surface area (Å²) in [6, 6.07) is 13.5. The summed E-state index contributed by atoms with van der Waals surface area (Å²) in [5, 5.41) is 0.563. The lowest BCUT2D eigenvalue weighted by atomic mass is 10.1. The third kappa shape index (κ3) is 4.46. The molecule has 2 aromatic carbocycles. The molecule has 0 aliphatic heterocycles. The molecule has 0 spiro atoms. The second-order valence-corrected chi connectivity index (χ2v) is 5.37. The largest absolute Gasteiger partial charge is 0.456 e. The number of hydrogen-bond acceptors (Lipinski definition) is 3. The molecule has 3 nitrogen and oxygen atoms in total. The van der Waals surface area contributed by atoms with Crippen molar-refractivity contribution in [3.05, 3.63) is 58.6 Å². The van der Waals surface area contributed by atoms with Crippen LogP contribution in [0.1, 0.15) is 24.1 Å². The highest BCUT2D eigenvalue weighted by Crippen LogP contribution is 2.31. The number of hydrogen-bond donors (Lipinski definition) is 1. The summed E-state index contributed by atoms with van der Waals surface area (Å²) < 4.78 is 10.9. The zero-order valence-electron chi connectivity index (χ0n) is 12.3. The van der Waals surface area contributed by atoms with Crippen molar-refractivity contribution in [1.29, 1.82) is 0 Å². The van der Waals surface area contributed by atoms with Gasteiger partial charge in [0.25, 0.3) is 0 Å². The van der Waals surface area contributed by atoms with Crippen LogP contribution < -0.4 is 10.5 Å². The molecule has 1 atom stereocenters. The number of ether oxygens (including phenoxy) is 2. The van der Waals surface area contributed by atoms with E-state index in [-0.39, 0.29) is 6.04 Å². The second-order valence-electron chi connectivity index (χ2n) is 4.97. The quantitative estimate of drug-likeness (QED) is 0.863. The van der Waals surface area contributed by atoms with Crippen LogP contribution >= 0.6 is 11.6 Å². The highest BCUT2D eigenvalue weighted by Gasteiger charge is 2.07. The molecular formula is C17H20ClNO2. The van der Waals surface area contributed by atoms with E-state index in [1.807, 2.05) is 49.4 Å². The van der Waals surface area contributed by atoms with E-state index in [9.17, 15) is 0 Å². The lowest BCUT2D eigenvalue weighted by molar-refractivity contribution is 0.202. The molecule has 0 aliphatic rings. The van der Waals surface area contributed by atoms with Gasteiger partial charge >= 0.3 is 0 Å². The SMILES string of the molecule is COCCc1ccc(Oc2ccc([C@H](C)N)cc2Cl)cc1. The predicted molar refractivity (Wildman–Crippen MR) is 86.2 cm³/mol. The third-order valence-corrected chi connectivity index (χ3v) is 3.52. The molecule has 2 N–H and O–H groups in total. The molecular weight excluding hydrogens is 286 g/mol. The predicted octanol–water partition coefficient (Wildman–Crippen LogP) is 4.34. The Hall–Kier alpha value is -1.55. The Morgan fingerprint density at radius 1 is 1.14 bits per heavy atom. The molecule has 0 fully saturated rings. The van der Waals surface area contributed by atoms with E-state index in [1.165, 1.54) is 5.56 Å². The topological polar surface area (TPSA) is 44.5 Å². The Bertz CT molecular complexity index is 582. The Balaban J connectivity index is 2.07. The van der Waals surface area contributed by atoms with Crippen molar-refractivity contribution in [1.82, 2.24) is 0 Å². The van der Waals surface area contributed by atoms with Crippen LogP contribution in [0.3, 0.4) is 0 Å². The summed E-state index contributed by atoms with van der Waals surface area (Å²) in [6.07, 6.45) is 0.890. The van der Waals surface area contributed by atoms with Gasteiger partial charge in [-0.1, -0.05) is 29.8 Å². The lowest BCUT2D eigenvalue weighted by Gasteiger charge is -2.11. The molecule has 0 heterocycles. The normalized spacial score (nSPS) is 12.2. The highest BCUT2D eigenvalue weighted by atomic mass is 35.5. The van der Waals surface area contributed by atoms with Crippen molar-refractivity contribution in [2.24, 2.45) is 5.73 Å². The molecule has 0 unspecified atom stereocenters. The molecule has 21 heavy (non-hydrogen) atoms. The van der Waals surface area contributed by atoms with E-state index >= 15 is 0 Å². The number of benzene rings is 2. The Morgan fingerprint density at radius 2 is 1.86 bits per heavy atom. The number of rotatable bonds is 6. The zero-order chi connectivity index (χ0) is 15.2. The molecule has 0 saturated heterocycles. The fourth-order valence-electron chi connectivity index (χ4n) is 1.95. The first-order valence-corrected chi connectivity index (χ1v) is 7.28. The summed E-state index contributed by atoms with van der Waals surface area (Å²) in [6.45, 7) is 2.63. The van der Waals surface area contributed by atoms with Gasteiger partial charge in [0.15, 0.2) is 0 Å². The minimum absolute atomic E-state index is 0.0448. The van der Waals surface area contributed by atoms with Crippen molar-refractivity contribution in [3.8, 4) is 11.5 Å². The van der Waals surface area contributed by atoms with Crippen molar-refractivity contribution >= 4 is 11.6 Å². The first kappa shape index (κ1) is 15.8. The first-order valence-electron chi connectivity index (χ1n) is 6.91.